The van der Waals surface area contributed by atoms with E-state index in [0.717, 1.165) is 6.20 Å². The van der Waals surface area contributed by atoms with Gasteiger partial charge in [-0.1, -0.05) is 0 Å². The van der Waals surface area contributed by atoms with Crippen LogP contribution in [-0.4, -0.2) is 24.7 Å². The summed E-state index contributed by atoms with van der Waals surface area (Å²) in [4.78, 5) is 17.5. The number of hydrogen-bond acceptors (Lipinski definition) is 5. The van der Waals surface area contributed by atoms with Crippen LogP contribution >= 0.6 is 0 Å². The van der Waals surface area contributed by atoms with Crippen molar-refractivity contribution in [3.8, 4) is 5.82 Å². The third-order valence-corrected chi connectivity index (χ3v) is 1.81. The molecule has 2 aromatic rings. The normalized spacial score (nSPS) is 10.8. The molecule has 0 saturated heterocycles. The second-order valence-corrected chi connectivity index (χ2v) is 2.89. The van der Waals surface area contributed by atoms with Crippen LogP contribution < -0.4 is 0 Å². The van der Waals surface area contributed by atoms with Crippen LogP contribution in [0.15, 0.2) is 37.2 Å². The predicted molar refractivity (Wildman–Crippen MR) is 55.2 cm³/mol. The molecule has 0 aliphatic carbocycles. The van der Waals surface area contributed by atoms with Gasteiger partial charge < -0.3 is 0 Å². The Morgan fingerprint density at radius 1 is 1.44 bits per heavy atom. The van der Waals surface area contributed by atoms with Crippen LogP contribution in [-0.2, 0) is 0 Å². The lowest BCUT2D eigenvalue weighted by molar-refractivity contribution is -0.400. The summed E-state index contributed by atoms with van der Waals surface area (Å²) in [5.74, 6) is 0.607. The lowest BCUT2D eigenvalue weighted by Crippen LogP contribution is -1.97. The van der Waals surface area contributed by atoms with E-state index < -0.39 is 4.92 Å². The van der Waals surface area contributed by atoms with Gasteiger partial charge in [-0.2, -0.15) is 5.10 Å². The van der Waals surface area contributed by atoms with Gasteiger partial charge in [-0.05, 0) is 17.7 Å². The molecule has 0 aliphatic rings. The largest absolute Gasteiger partial charge is 0.259 e. The van der Waals surface area contributed by atoms with Gasteiger partial charge in [0.05, 0.1) is 4.92 Å². The molecule has 0 aliphatic heterocycles. The molecular weight excluding hydrogens is 210 g/mol. The minimum absolute atomic E-state index is 0.522. The quantitative estimate of drug-likeness (QED) is 0.563. The van der Waals surface area contributed by atoms with Gasteiger partial charge in [0.15, 0.2) is 5.82 Å². The Morgan fingerprint density at radius 2 is 2.31 bits per heavy atom. The topological polar surface area (TPSA) is 86.7 Å². The standard InChI is InChI=1S/C9H7N5O2/c15-14(16)4-3-8-1-2-9(11-5-8)13-7-10-6-12-13/h1-7H/b4-3+. The molecule has 0 spiro atoms. The van der Waals surface area contributed by atoms with Gasteiger partial charge in [0, 0.05) is 12.3 Å². The highest BCUT2D eigenvalue weighted by molar-refractivity contribution is 5.47. The van der Waals surface area contributed by atoms with Crippen LogP contribution in [0.3, 0.4) is 0 Å². The fourth-order valence-electron chi connectivity index (χ4n) is 1.11. The molecular formula is C9H7N5O2. The van der Waals surface area contributed by atoms with Crippen molar-refractivity contribution in [3.05, 3.63) is 52.9 Å². The number of rotatable bonds is 3. The summed E-state index contributed by atoms with van der Waals surface area (Å²) in [6.07, 6.45) is 6.69. The average molecular weight is 217 g/mol. The van der Waals surface area contributed by atoms with E-state index in [1.54, 1.807) is 12.1 Å². The van der Waals surface area contributed by atoms with Crippen LogP contribution in [0.1, 0.15) is 5.56 Å². The van der Waals surface area contributed by atoms with E-state index in [9.17, 15) is 10.1 Å². The van der Waals surface area contributed by atoms with E-state index >= 15 is 0 Å². The highest BCUT2D eigenvalue weighted by Crippen LogP contribution is 2.05. The minimum atomic E-state index is -0.522. The molecule has 0 fully saturated rings. The maximum absolute atomic E-state index is 10.1. The number of hydrogen-bond donors (Lipinski definition) is 0. The van der Waals surface area contributed by atoms with Gasteiger partial charge >= 0.3 is 0 Å². The van der Waals surface area contributed by atoms with Gasteiger partial charge in [0.25, 0.3) is 0 Å². The van der Waals surface area contributed by atoms with Gasteiger partial charge in [-0.25, -0.2) is 14.6 Å². The van der Waals surface area contributed by atoms with Crippen molar-refractivity contribution in [3.63, 3.8) is 0 Å². The van der Waals surface area contributed by atoms with Crippen LogP contribution in [0, 0.1) is 10.1 Å². The molecule has 0 radical (unpaired) electrons. The Hall–Kier alpha value is -2.57. The fourth-order valence-corrected chi connectivity index (χ4v) is 1.11. The van der Waals surface area contributed by atoms with Gasteiger partial charge in [-0.3, -0.25) is 10.1 Å². The summed E-state index contributed by atoms with van der Waals surface area (Å²) in [5.41, 5.74) is 0.653. The second-order valence-electron chi connectivity index (χ2n) is 2.89. The number of pyridine rings is 1. The molecule has 7 nitrogen and oxygen atoms in total. The molecule has 0 unspecified atom stereocenters. The fraction of sp³-hybridized carbons (Fsp3) is 0. The summed E-state index contributed by atoms with van der Waals surface area (Å²) in [5, 5.41) is 14.0. The van der Waals surface area contributed by atoms with Crippen molar-refractivity contribution in [2.45, 2.75) is 0 Å². The van der Waals surface area contributed by atoms with E-state index in [1.807, 2.05) is 0 Å². The van der Waals surface area contributed by atoms with Gasteiger partial charge in [-0.15, -0.1) is 0 Å². The third kappa shape index (κ3) is 2.27. The average Bonchev–Trinajstić information content (AvgIpc) is 2.80. The monoisotopic (exact) mass is 217 g/mol. The molecule has 2 aromatic heterocycles. The maximum atomic E-state index is 10.1. The van der Waals surface area contributed by atoms with Gasteiger partial charge in [0.2, 0.25) is 6.20 Å². The molecule has 0 N–H and O–H groups in total. The van der Waals surface area contributed by atoms with E-state index in [0.29, 0.717) is 11.4 Å². The Balaban J connectivity index is 2.20. The van der Waals surface area contributed by atoms with Crippen molar-refractivity contribution >= 4 is 6.08 Å². The van der Waals surface area contributed by atoms with E-state index in [1.165, 1.54) is 29.6 Å². The molecule has 16 heavy (non-hydrogen) atoms. The van der Waals surface area contributed by atoms with Crippen LogP contribution in [0.25, 0.3) is 11.9 Å². The maximum Gasteiger partial charge on any atom is 0.235 e. The summed E-state index contributed by atoms with van der Waals surface area (Å²) >= 11 is 0. The first-order chi connectivity index (χ1) is 7.75. The SMILES string of the molecule is O=[N+]([O-])/C=C/c1ccc(-n2cncn2)nc1. The molecule has 0 amide bonds. The summed E-state index contributed by atoms with van der Waals surface area (Å²) in [6.45, 7) is 0. The highest BCUT2D eigenvalue weighted by atomic mass is 16.6. The third-order valence-electron chi connectivity index (χ3n) is 1.81. The first-order valence-corrected chi connectivity index (χ1v) is 4.38. The lowest BCUT2D eigenvalue weighted by atomic mass is 10.3. The number of aromatic nitrogens is 4. The summed E-state index contributed by atoms with van der Waals surface area (Å²) < 4.78 is 1.50. The van der Waals surface area contributed by atoms with Crippen molar-refractivity contribution in [2.75, 3.05) is 0 Å². The zero-order valence-corrected chi connectivity index (χ0v) is 8.09. The highest BCUT2D eigenvalue weighted by Gasteiger charge is 1.97. The van der Waals surface area contributed by atoms with E-state index in [4.69, 9.17) is 0 Å². The second kappa shape index (κ2) is 4.30. The van der Waals surface area contributed by atoms with E-state index in [-0.39, 0.29) is 0 Å². The van der Waals surface area contributed by atoms with E-state index in [2.05, 4.69) is 15.1 Å². The molecule has 7 heteroatoms. The van der Waals surface area contributed by atoms with Crippen molar-refractivity contribution < 1.29 is 4.92 Å². The first kappa shape index (κ1) is 9.97. The minimum Gasteiger partial charge on any atom is -0.259 e. The number of nitro groups is 1. The summed E-state index contributed by atoms with van der Waals surface area (Å²) in [6, 6.07) is 3.41. The Bertz CT molecular complexity index is 503. The number of nitrogens with zero attached hydrogens (tertiary/aromatic N) is 5. The lowest BCUT2D eigenvalue weighted by Gasteiger charge is -1.98. The Labute approximate surface area is 90.2 Å². The molecule has 2 heterocycles. The van der Waals surface area contributed by atoms with Crippen molar-refractivity contribution in [1.29, 1.82) is 0 Å². The Morgan fingerprint density at radius 3 is 2.88 bits per heavy atom. The van der Waals surface area contributed by atoms with Crippen molar-refractivity contribution in [1.82, 2.24) is 19.7 Å². The molecule has 80 valence electrons. The first-order valence-electron chi connectivity index (χ1n) is 4.38. The van der Waals surface area contributed by atoms with Crippen LogP contribution in [0.4, 0.5) is 0 Å². The molecule has 0 atom stereocenters. The smallest absolute Gasteiger partial charge is 0.235 e. The molecule has 2 rings (SSSR count). The molecule has 0 aromatic carbocycles. The predicted octanol–water partition coefficient (Wildman–Crippen LogP) is 0.910. The van der Waals surface area contributed by atoms with Crippen molar-refractivity contribution in [2.24, 2.45) is 0 Å². The van der Waals surface area contributed by atoms with Crippen LogP contribution in [0.2, 0.25) is 0 Å². The Kier molecular flexibility index (Phi) is 2.68. The molecule has 0 saturated carbocycles. The summed E-state index contributed by atoms with van der Waals surface area (Å²) in [7, 11) is 0. The zero-order valence-electron chi connectivity index (χ0n) is 8.09. The van der Waals surface area contributed by atoms with Crippen LogP contribution in [0.5, 0.6) is 0 Å². The van der Waals surface area contributed by atoms with Gasteiger partial charge in [0.1, 0.15) is 12.7 Å². The molecule has 0 bridgehead atoms. The zero-order chi connectivity index (χ0) is 11.4.